The molecular formula is C16H20N2O2. The number of aromatic nitrogens is 2. The van der Waals surface area contributed by atoms with Gasteiger partial charge >= 0.3 is 5.97 Å². The molecule has 1 N–H and O–H groups in total. The van der Waals surface area contributed by atoms with Gasteiger partial charge in [-0.1, -0.05) is 25.8 Å². The van der Waals surface area contributed by atoms with E-state index in [4.69, 9.17) is 0 Å². The monoisotopic (exact) mass is 272 g/mol. The number of fused-ring (bicyclic) bond motifs is 1. The summed E-state index contributed by atoms with van der Waals surface area (Å²) < 4.78 is 2.26. The maximum Gasteiger partial charge on any atom is 0.337 e. The van der Waals surface area contributed by atoms with Crippen LogP contribution in [-0.2, 0) is 0 Å². The quantitative estimate of drug-likeness (QED) is 0.904. The van der Waals surface area contributed by atoms with E-state index in [1.54, 1.807) is 6.07 Å². The van der Waals surface area contributed by atoms with E-state index in [0.29, 0.717) is 23.0 Å². The third-order valence-electron chi connectivity index (χ3n) is 4.52. The Labute approximate surface area is 118 Å². The summed E-state index contributed by atoms with van der Waals surface area (Å²) in [5.41, 5.74) is 1.88. The van der Waals surface area contributed by atoms with E-state index in [-0.39, 0.29) is 0 Å². The normalized spacial score (nSPS) is 23.1. The number of carbonyl (C=O) groups is 1. The van der Waals surface area contributed by atoms with Crippen molar-refractivity contribution in [1.29, 1.82) is 0 Å². The number of para-hydroxylation sites is 1. The third kappa shape index (κ3) is 1.99. The van der Waals surface area contributed by atoms with E-state index < -0.39 is 5.97 Å². The van der Waals surface area contributed by atoms with Crippen molar-refractivity contribution >= 4 is 17.0 Å². The summed E-state index contributed by atoms with van der Waals surface area (Å²) in [7, 11) is 0. The number of carboxylic acids is 1. The van der Waals surface area contributed by atoms with Crippen LogP contribution in [0.5, 0.6) is 0 Å². The largest absolute Gasteiger partial charge is 0.478 e. The van der Waals surface area contributed by atoms with Crippen molar-refractivity contribution in [2.75, 3.05) is 0 Å². The molecule has 0 spiro atoms. The molecule has 0 aliphatic heterocycles. The molecule has 106 valence electrons. The van der Waals surface area contributed by atoms with Crippen LogP contribution < -0.4 is 0 Å². The third-order valence-corrected chi connectivity index (χ3v) is 4.52. The number of benzene rings is 1. The Morgan fingerprint density at radius 3 is 2.80 bits per heavy atom. The number of imidazole rings is 1. The van der Waals surface area contributed by atoms with Gasteiger partial charge in [0.15, 0.2) is 0 Å². The maximum atomic E-state index is 11.3. The molecule has 1 aliphatic carbocycles. The first-order valence-electron chi connectivity index (χ1n) is 7.30. The van der Waals surface area contributed by atoms with Crippen LogP contribution in [0.15, 0.2) is 18.2 Å². The molecule has 2 atom stereocenters. The Bertz CT molecular complexity index is 660. The second kappa shape index (κ2) is 4.93. The standard InChI is InChI=1S/C16H20N2O2/c1-10-6-3-4-8-13(10)18-11(2)17-15-12(16(19)20)7-5-9-14(15)18/h5,7,9-10,13H,3-4,6,8H2,1-2H3,(H,19,20). The molecule has 20 heavy (non-hydrogen) atoms. The van der Waals surface area contributed by atoms with E-state index in [1.165, 1.54) is 19.3 Å². The van der Waals surface area contributed by atoms with E-state index in [2.05, 4.69) is 16.5 Å². The minimum absolute atomic E-state index is 0.299. The van der Waals surface area contributed by atoms with Crippen LogP contribution in [0.25, 0.3) is 11.0 Å². The summed E-state index contributed by atoms with van der Waals surface area (Å²) in [6, 6.07) is 5.88. The highest BCUT2D eigenvalue weighted by Crippen LogP contribution is 2.37. The van der Waals surface area contributed by atoms with Crippen LogP contribution in [-0.4, -0.2) is 20.6 Å². The minimum Gasteiger partial charge on any atom is -0.478 e. The minimum atomic E-state index is -0.906. The van der Waals surface area contributed by atoms with Gasteiger partial charge in [-0.3, -0.25) is 0 Å². The average Bonchev–Trinajstić information content (AvgIpc) is 2.75. The smallest absolute Gasteiger partial charge is 0.337 e. The summed E-state index contributed by atoms with van der Waals surface area (Å²) in [6.45, 7) is 4.27. The fraction of sp³-hybridized carbons (Fsp3) is 0.500. The van der Waals surface area contributed by atoms with Crippen LogP contribution in [0, 0.1) is 12.8 Å². The number of nitrogens with zero attached hydrogens (tertiary/aromatic N) is 2. The van der Waals surface area contributed by atoms with E-state index >= 15 is 0 Å². The van der Waals surface area contributed by atoms with Crippen LogP contribution >= 0.6 is 0 Å². The Hall–Kier alpha value is -1.84. The SMILES string of the molecule is Cc1nc2c(C(=O)O)cccc2n1C1CCCCC1C. The van der Waals surface area contributed by atoms with Crippen molar-refractivity contribution in [1.82, 2.24) is 9.55 Å². The summed E-state index contributed by atoms with van der Waals surface area (Å²) in [5, 5.41) is 9.30. The van der Waals surface area contributed by atoms with Crippen molar-refractivity contribution in [3.05, 3.63) is 29.6 Å². The average molecular weight is 272 g/mol. The molecule has 0 saturated heterocycles. The highest BCUT2D eigenvalue weighted by Gasteiger charge is 2.26. The van der Waals surface area contributed by atoms with Gasteiger partial charge in [-0.05, 0) is 37.8 Å². The van der Waals surface area contributed by atoms with Gasteiger partial charge < -0.3 is 9.67 Å². The van der Waals surface area contributed by atoms with Gasteiger partial charge in [0.25, 0.3) is 0 Å². The first-order valence-corrected chi connectivity index (χ1v) is 7.30. The van der Waals surface area contributed by atoms with Crippen LogP contribution in [0.2, 0.25) is 0 Å². The summed E-state index contributed by atoms with van der Waals surface area (Å²) in [4.78, 5) is 15.9. The first kappa shape index (κ1) is 13.2. The molecule has 1 fully saturated rings. The summed E-state index contributed by atoms with van der Waals surface area (Å²) >= 11 is 0. The molecule has 1 saturated carbocycles. The summed E-state index contributed by atoms with van der Waals surface area (Å²) in [5.74, 6) is 0.637. The van der Waals surface area contributed by atoms with E-state index in [0.717, 1.165) is 17.8 Å². The molecule has 1 heterocycles. The zero-order chi connectivity index (χ0) is 14.3. The van der Waals surface area contributed by atoms with Gasteiger partial charge in [0.05, 0.1) is 11.1 Å². The lowest BCUT2D eigenvalue weighted by Crippen LogP contribution is -2.21. The molecule has 1 aromatic heterocycles. The second-order valence-corrected chi connectivity index (χ2v) is 5.84. The van der Waals surface area contributed by atoms with Crippen molar-refractivity contribution in [3.63, 3.8) is 0 Å². The van der Waals surface area contributed by atoms with Crippen LogP contribution in [0.1, 0.15) is 54.8 Å². The highest BCUT2D eigenvalue weighted by molar-refractivity contribution is 6.01. The number of aryl methyl sites for hydroxylation is 1. The Balaban J connectivity index is 2.18. The van der Waals surface area contributed by atoms with Crippen LogP contribution in [0.3, 0.4) is 0 Å². The van der Waals surface area contributed by atoms with E-state index in [9.17, 15) is 9.90 Å². The lowest BCUT2D eigenvalue weighted by Gasteiger charge is -2.31. The van der Waals surface area contributed by atoms with Gasteiger partial charge in [-0.2, -0.15) is 0 Å². The zero-order valence-corrected chi connectivity index (χ0v) is 12.0. The number of rotatable bonds is 2. The van der Waals surface area contributed by atoms with Gasteiger partial charge in [-0.15, -0.1) is 0 Å². The topological polar surface area (TPSA) is 55.1 Å². The van der Waals surface area contributed by atoms with Crippen molar-refractivity contribution in [2.24, 2.45) is 5.92 Å². The number of hydrogen-bond acceptors (Lipinski definition) is 2. The fourth-order valence-electron chi connectivity index (χ4n) is 3.50. The van der Waals surface area contributed by atoms with Gasteiger partial charge in [-0.25, -0.2) is 9.78 Å². The Morgan fingerprint density at radius 1 is 1.35 bits per heavy atom. The number of aromatic carboxylic acids is 1. The molecule has 2 unspecified atom stereocenters. The molecule has 4 nitrogen and oxygen atoms in total. The lowest BCUT2D eigenvalue weighted by molar-refractivity contribution is 0.0699. The van der Waals surface area contributed by atoms with Crippen molar-refractivity contribution in [3.8, 4) is 0 Å². The summed E-state index contributed by atoms with van der Waals surface area (Å²) in [6.07, 6.45) is 4.93. The molecule has 0 bridgehead atoms. The molecule has 1 aliphatic rings. The fourth-order valence-corrected chi connectivity index (χ4v) is 3.50. The highest BCUT2D eigenvalue weighted by atomic mass is 16.4. The molecule has 3 rings (SSSR count). The van der Waals surface area contributed by atoms with Crippen molar-refractivity contribution in [2.45, 2.75) is 45.6 Å². The zero-order valence-electron chi connectivity index (χ0n) is 12.0. The molecule has 1 aromatic carbocycles. The molecule has 0 radical (unpaired) electrons. The predicted molar refractivity (Wildman–Crippen MR) is 78.1 cm³/mol. The van der Waals surface area contributed by atoms with Crippen molar-refractivity contribution < 1.29 is 9.90 Å². The van der Waals surface area contributed by atoms with E-state index in [1.807, 2.05) is 19.1 Å². The van der Waals surface area contributed by atoms with Gasteiger partial charge in [0.2, 0.25) is 0 Å². The Kier molecular flexibility index (Phi) is 3.24. The molecule has 0 amide bonds. The number of hydrogen-bond donors (Lipinski definition) is 1. The van der Waals surface area contributed by atoms with Gasteiger partial charge in [0, 0.05) is 6.04 Å². The van der Waals surface area contributed by atoms with Crippen LogP contribution in [0.4, 0.5) is 0 Å². The number of carboxylic acid groups (broad SMARTS) is 1. The molecule has 2 aromatic rings. The first-order chi connectivity index (χ1) is 9.59. The molecular weight excluding hydrogens is 252 g/mol. The maximum absolute atomic E-state index is 11.3. The molecule has 4 heteroatoms. The Morgan fingerprint density at radius 2 is 2.10 bits per heavy atom. The lowest BCUT2D eigenvalue weighted by atomic mass is 9.85. The van der Waals surface area contributed by atoms with Gasteiger partial charge in [0.1, 0.15) is 11.3 Å². The predicted octanol–water partition coefficient (Wildman–Crippen LogP) is 3.79. The second-order valence-electron chi connectivity index (χ2n) is 5.84.